The molecule has 1 aliphatic heterocycles. The van der Waals surface area contributed by atoms with Crippen LogP contribution in [0.15, 0.2) is 17.3 Å². The molecule has 1 unspecified atom stereocenters. The number of hydrogen-bond donors (Lipinski definition) is 3. The molecule has 0 bridgehead atoms. The van der Waals surface area contributed by atoms with Gasteiger partial charge in [0.15, 0.2) is 5.82 Å². The van der Waals surface area contributed by atoms with Crippen molar-refractivity contribution < 1.29 is 4.79 Å². The van der Waals surface area contributed by atoms with Crippen molar-refractivity contribution in [3.63, 3.8) is 0 Å². The molecule has 2 aliphatic rings. The minimum atomic E-state index is -0.922. The summed E-state index contributed by atoms with van der Waals surface area (Å²) in [6.45, 7) is 3.95. The molecule has 1 aromatic heterocycles. The first-order valence-corrected chi connectivity index (χ1v) is 8.07. The highest BCUT2D eigenvalue weighted by atomic mass is 16.2. The third-order valence-electron chi connectivity index (χ3n) is 4.63. The molecule has 0 spiro atoms. The van der Waals surface area contributed by atoms with Gasteiger partial charge < -0.3 is 15.6 Å². The largest absolute Gasteiger partial charge is 0.352 e. The number of carbonyl (C=O) groups is 1. The summed E-state index contributed by atoms with van der Waals surface area (Å²) < 4.78 is 0. The normalized spacial score (nSPS) is 24.6. The number of rotatable bonds is 4. The lowest BCUT2D eigenvalue weighted by atomic mass is 10.0. The highest BCUT2D eigenvalue weighted by Gasteiger charge is 2.46. The van der Waals surface area contributed by atoms with E-state index in [0.29, 0.717) is 6.04 Å². The Morgan fingerprint density at radius 3 is 2.86 bits per heavy atom. The number of anilines is 1. The summed E-state index contributed by atoms with van der Waals surface area (Å²) >= 11 is 0. The Kier molecular flexibility index (Phi) is 3.95. The van der Waals surface area contributed by atoms with Crippen LogP contribution in [0.2, 0.25) is 0 Å². The lowest BCUT2D eigenvalue weighted by Gasteiger charge is -2.43. The summed E-state index contributed by atoms with van der Waals surface area (Å²) in [5, 5.41) is 6.44. The number of amides is 1. The van der Waals surface area contributed by atoms with Crippen molar-refractivity contribution in [2.24, 2.45) is 4.99 Å². The number of H-pyrrole nitrogens is 1. The van der Waals surface area contributed by atoms with Gasteiger partial charge in [-0.05, 0) is 39.8 Å². The van der Waals surface area contributed by atoms with Crippen LogP contribution in [0.25, 0.3) is 0 Å². The van der Waals surface area contributed by atoms with E-state index >= 15 is 0 Å². The maximum absolute atomic E-state index is 12.9. The standard InChI is InChI=1S/C16H25N5O/c1-11(2)19-15(22)16(21(3)12-6-4-5-7-12)10-18-14-13(20-16)8-9-17-14/h8-12,17,20H,4-7H2,1-3H3,(H,19,22). The molecule has 1 fully saturated rings. The van der Waals surface area contributed by atoms with E-state index in [4.69, 9.17) is 0 Å². The van der Waals surface area contributed by atoms with Crippen molar-refractivity contribution in [2.45, 2.75) is 57.3 Å². The predicted octanol–water partition coefficient (Wildman–Crippen LogP) is 2.24. The summed E-state index contributed by atoms with van der Waals surface area (Å²) in [5.41, 5.74) is -0.0553. The fourth-order valence-electron chi connectivity index (χ4n) is 3.37. The Hall–Kier alpha value is -1.82. The zero-order chi connectivity index (χ0) is 15.7. The summed E-state index contributed by atoms with van der Waals surface area (Å²) in [6.07, 6.45) is 8.28. The van der Waals surface area contributed by atoms with Crippen molar-refractivity contribution in [3.05, 3.63) is 12.3 Å². The fourth-order valence-corrected chi connectivity index (χ4v) is 3.37. The van der Waals surface area contributed by atoms with Crippen LogP contribution in [0, 0.1) is 0 Å². The zero-order valence-corrected chi connectivity index (χ0v) is 13.5. The molecule has 3 N–H and O–H groups in total. The van der Waals surface area contributed by atoms with Crippen LogP contribution in [-0.4, -0.2) is 46.8 Å². The average molecular weight is 303 g/mol. The van der Waals surface area contributed by atoms with E-state index in [1.165, 1.54) is 12.8 Å². The lowest BCUT2D eigenvalue weighted by molar-refractivity contribution is -0.129. The molecule has 6 heteroatoms. The van der Waals surface area contributed by atoms with E-state index in [1.807, 2.05) is 33.2 Å². The van der Waals surface area contributed by atoms with Crippen LogP contribution in [0.4, 0.5) is 11.5 Å². The molecule has 1 atom stereocenters. The Morgan fingerprint density at radius 1 is 1.45 bits per heavy atom. The molecule has 2 heterocycles. The Balaban J connectivity index is 1.94. The summed E-state index contributed by atoms with van der Waals surface area (Å²) in [5.74, 6) is 0.722. The molecule has 0 radical (unpaired) electrons. The van der Waals surface area contributed by atoms with Gasteiger partial charge in [0.2, 0.25) is 5.66 Å². The highest BCUT2D eigenvalue weighted by molar-refractivity contribution is 6.08. The monoisotopic (exact) mass is 303 g/mol. The molecule has 1 aromatic rings. The summed E-state index contributed by atoms with van der Waals surface area (Å²) in [4.78, 5) is 22.6. The van der Waals surface area contributed by atoms with E-state index in [9.17, 15) is 4.79 Å². The van der Waals surface area contributed by atoms with Gasteiger partial charge in [0.05, 0.1) is 11.9 Å². The number of fused-ring (bicyclic) bond motifs is 1. The van der Waals surface area contributed by atoms with Gasteiger partial charge in [-0.25, -0.2) is 4.99 Å². The number of aliphatic imine (C=N–C) groups is 1. The number of nitrogens with one attached hydrogen (secondary N) is 3. The van der Waals surface area contributed by atoms with E-state index in [1.54, 1.807) is 6.21 Å². The molecule has 120 valence electrons. The zero-order valence-electron chi connectivity index (χ0n) is 13.5. The molecular weight excluding hydrogens is 278 g/mol. The quantitative estimate of drug-likeness (QED) is 0.798. The van der Waals surface area contributed by atoms with Crippen LogP contribution < -0.4 is 10.6 Å². The van der Waals surface area contributed by atoms with Crippen molar-refractivity contribution in [1.82, 2.24) is 15.2 Å². The second-order valence-corrected chi connectivity index (χ2v) is 6.57. The second-order valence-electron chi connectivity index (χ2n) is 6.57. The Morgan fingerprint density at radius 2 is 2.18 bits per heavy atom. The molecule has 22 heavy (non-hydrogen) atoms. The molecule has 1 amide bonds. The minimum absolute atomic E-state index is 0.0486. The van der Waals surface area contributed by atoms with Crippen LogP contribution in [0.3, 0.4) is 0 Å². The van der Waals surface area contributed by atoms with Gasteiger partial charge in [-0.3, -0.25) is 9.69 Å². The van der Waals surface area contributed by atoms with Gasteiger partial charge >= 0.3 is 0 Å². The lowest BCUT2D eigenvalue weighted by Crippen LogP contribution is -2.67. The number of aromatic amines is 1. The topological polar surface area (TPSA) is 72.5 Å². The molecular formula is C16H25N5O. The van der Waals surface area contributed by atoms with Gasteiger partial charge in [-0.1, -0.05) is 12.8 Å². The van der Waals surface area contributed by atoms with Crippen molar-refractivity contribution >= 4 is 23.6 Å². The number of nitrogens with zero attached hydrogens (tertiary/aromatic N) is 2. The molecule has 1 aliphatic carbocycles. The van der Waals surface area contributed by atoms with E-state index in [0.717, 1.165) is 24.3 Å². The predicted molar refractivity (Wildman–Crippen MR) is 88.6 cm³/mol. The summed E-state index contributed by atoms with van der Waals surface area (Å²) in [6, 6.07) is 2.41. The van der Waals surface area contributed by atoms with Gasteiger partial charge in [0.1, 0.15) is 0 Å². The molecule has 0 saturated heterocycles. The van der Waals surface area contributed by atoms with Gasteiger partial charge in [0, 0.05) is 18.3 Å². The first-order chi connectivity index (χ1) is 10.5. The van der Waals surface area contributed by atoms with Crippen LogP contribution in [-0.2, 0) is 4.79 Å². The third kappa shape index (κ3) is 2.52. The summed E-state index contributed by atoms with van der Waals surface area (Å²) in [7, 11) is 2.02. The number of aromatic nitrogens is 1. The van der Waals surface area contributed by atoms with Crippen molar-refractivity contribution in [1.29, 1.82) is 0 Å². The van der Waals surface area contributed by atoms with Gasteiger partial charge in [-0.2, -0.15) is 0 Å². The van der Waals surface area contributed by atoms with E-state index in [-0.39, 0.29) is 11.9 Å². The number of hydrogen-bond acceptors (Lipinski definition) is 4. The molecule has 0 aromatic carbocycles. The van der Waals surface area contributed by atoms with E-state index in [2.05, 4.69) is 25.5 Å². The molecule has 1 saturated carbocycles. The smallest absolute Gasteiger partial charge is 0.267 e. The maximum atomic E-state index is 12.9. The van der Waals surface area contributed by atoms with E-state index < -0.39 is 5.66 Å². The number of carbonyl (C=O) groups excluding carboxylic acids is 1. The second kappa shape index (κ2) is 5.76. The first-order valence-electron chi connectivity index (χ1n) is 8.07. The highest BCUT2D eigenvalue weighted by Crippen LogP contribution is 2.34. The Labute approximate surface area is 131 Å². The number of likely N-dealkylation sites (N-methyl/N-ethyl adjacent to an activating group) is 1. The molecule has 6 nitrogen and oxygen atoms in total. The minimum Gasteiger partial charge on any atom is -0.352 e. The van der Waals surface area contributed by atoms with Crippen LogP contribution in [0.5, 0.6) is 0 Å². The van der Waals surface area contributed by atoms with Crippen molar-refractivity contribution in [3.8, 4) is 0 Å². The molecule has 3 rings (SSSR count). The Bertz CT molecular complexity index is 573. The van der Waals surface area contributed by atoms with Gasteiger partial charge in [0.25, 0.3) is 5.91 Å². The average Bonchev–Trinajstić information content (AvgIpc) is 3.16. The first kappa shape index (κ1) is 15.1. The third-order valence-corrected chi connectivity index (χ3v) is 4.63. The van der Waals surface area contributed by atoms with Crippen LogP contribution in [0.1, 0.15) is 39.5 Å². The van der Waals surface area contributed by atoms with Crippen molar-refractivity contribution in [2.75, 3.05) is 12.4 Å². The fraction of sp³-hybridized carbons (Fsp3) is 0.625. The van der Waals surface area contributed by atoms with Gasteiger partial charge in [-0.15, -0.1) is 0 Å². The van der Waals surface area contributed by atoms with Crippen LogP contribution >= 0.6 is 0 Å². The SMILES string of the molecule is CC(C)NC(=O)C1(N(C)C2CCCC2)C=Nc2[nH]ccc2N1. The maximum Gasteiger partial charge on any atom is 0.267 e.